The quantitative estimate of drug-likeness (QED) is 0.242. The van der Waals surface area contributed by atoms with E-state index < -0.39 is 11.9 Å². The second-order valence-electron chi connectivity index (χ2n) is 6.77. The summed E-state index contributed by atoms with van der Waals surface area (Å²) in [4.78, 5) is 35.5. The number of aromatic nitrogens is 5. The minimum absolute atomic E-state index is 0. The fraction of sp³-hybridized carbons (Fsp3) is 0.250. The SMILES string of the molecule is CCn1c(CNC(=O)c2nc3cc[nH]c3nc2N)[n+](CC)c2ccc(C(=O)O)cc21.[Br-]. The first-order valence-electron chi connectivity index (χ1n) is 9.61. The van der Waals surface area contributed by atoms with Crippen LogP contribution in [0.3, 0.4) is 0 Å². The molecule has 0 fully saturated rings. The standard InChI is InChI=1S/C20H21N7O3.BrH/c1-3-26-13-6-5-11(20(29)30)9-14(13)27(4-2)15(26)10-23-19(28)16-17(21)25-18-12(24-16)7-8-22-18;/h5-9H,3-4,10H2,1-2H3,(H4-,21,22,23,24,25,28,29,30);1H. The van der Waals surface area contributed by atoms with Crippen LogP contribution < -0.4 is 32.6 Å². The number of benzene rings is 1. The van der Waals surface area contributed by atoms with Crippen molar-refractivity contribution in [1.82, 2.24) is 24.8 Å². The van der Waals surface area contributed by atoms with Gasteiger partial charge in [0, 0.05) is 12.3 Å². The largest absolute Gasteiger partial charge is 1.00 e. The first-order valence-corrected chi connectivity index (χ1v) is 9.61. The molecular weight excluding hydrogens is 466 g/mol. The van der Waals surface area contributed by atoms with Crippen LogP contribution in [0.5, 0.6) is 0 Å². The van der Waals surface area contributed by atoms with Gasteiger partial charge in [0.15, 0.2) is 28.2 Å². The molecule has 0 radical (unpaired) electrons. The summed E-state index contributed by atoms with van der Waals surface area (Å²) in [6, 6.07) is 6.76. The number of amides is 1. The molecule has 0 saturated heterocycles. The summed E-state index contributed by atoms with van der Waals surface area (Å²) >= 11 is 0. The van der Waals surface area contributed by atoms with Crippen molar-refractivity contribution >= 4 is 39.9 Å². The molecule has 1 aromatic carbocycles. The molecule has 0 aliphatic carbocycles. The second kappa shape index (κ2) is 8.72. The van der Waals surface area contributed by atoms with Crippen LogP contribution in [0.15, 0.2) is 30.5 Å². The van der Waals surface area contributed by atoms with E-state index in [9.17, 15) is 14.7 Å². The lowest BCUT2D eigenvalue weighted by molar-refractivity contribution is -0.676. The van der Waals surface area contributed by atoms with Crippen LogP contribution in [-0.2, 0) is 19.6 Å². The van der Waals surface area contributed by atoms with Crippen molar-refractivity contribution in [3.05, 3.63) is 47.5 Å². The van der Waals surface area contributed by atoms with Gasteiger partial charge in [0.1, 0.15) is 12.1 Å². The molecule has 0 bridgehead atoms. The molecule has 11 heteroatoms. The Labute approximate surface area is 187 Å². The lowest BCUT2D eigenvalue weighted by Crippen LogP contribution is -3.00. The van der Waals surface area contributed by atoms with Gasteiger partial charge in [-0.25, -0.2) is 23.9 Å². The molecule has 4 aromatic rings. The minimum Gasteiger partial charge on any atom is -1.00 e. The van der Waals surface area contributed by atoms with E-state index >= 15 is 0 Å². The van der Waals surface area contributed by atoms with E-state index in [1.165, 1.54) is 0 Å². The molecule has 0 unspecified atom stereocenters. The Morgan fingerprint density at radius 3 is 2.71 bits per heavy atom. The molecule has 4 rings (SSSR count). The summed E-state index contributed by atoms with van der Waals surface area (Å²) in [5.74, 6) is -0.508. The van der Waals surface area contributed by atoms with Crippen molar-refractivity contribution in [2.24, 2.45) is 0 Å². The first kappa shape index (κ1) is 22.2. The summed E-state index contributed by atoms with van der Waals surface area (Å²) in [7, 11) is 0. The van der Waals surface area contributed by atoms with Gasteiger partial charge in [-0.15, -0.1) is 0 Å². The van der Waals surface area contributed by atoms with Gasteiger partial charge in [-0.1, -0.05) is 0 Å². The molecule has 5 N–H and O–H groups in total. The van der Waals surface area contributed by atoms with Gasteiger partial charge in [-0.2, -0.15) is 0 Å². The second-order valence-corrected chi connectivity index (χ2v) is 6.77. The number of nitrogens with zero attached hydrogens (tertiary/aromatic N) is 4. The number of nitrogens with two attached hydrogens (primary N) is 1. The number of carbonyl (C=O) groups excluding carboxylic acids is 1. The molecule has 0 aliphatic heterocycles. The smallest absolute Gasteiger partial charge is 0.335 e. The maximum absolute atomic E-state index is 12.8. The lowest BCUT2D eigenvalue weighted by Gasteiger charge is -2.07. The number of rotatable bonds is 6. The number of aromatic amines is 1. The highest BCUT2D eigenvalue weighted by molar-refractivity contribution is 5.98. The van der Waals surface area contributed by atoms with Crippen LogP contribution >= 0.6 is 0 Å². The number of carboxylic acids is 1. The number of carbonyl (C=O) groups is 2. The topological polar surface area (TPSA) is 143 Å². The van der Waals surface area contributed by atoms with Gasteiger partial charge < -0.3 is 38.1 Å². The van der Waals surface area contributed by atoms with Crippen molar-refractivity contribution in [3.63, 3.8) is 0 Å². The summed E-state index contributed by atoms with van der Waals surface area (Å²) in [6.07, 6.45) is 1.68. The number of nitrogens with one attached hydrogen (secondary N) is 2. The number of hydrogen-bond donors (Lipinski definition) is 4. The molecule has 0 spiro atoms. The molecule has 3 aromatic heterocycles. The number of anilines is 1. The Kier molecular flexibility index (Phi) is 6.25. The summed E-state index contributed by atoms with van der Waals surface area (Å²) in [6.45, 7) is 5.48. The number of carboxylic acid groups (broad SMARTS) is 1. The maximum atomic E-state index is 12.8. The van der Waals surface area contributed by atoms with E-state index in [0.717, 1.165) is 16.9 Å². The highest BCUT2D eigenvalue weighted by atomic mass is 79.9. The van der Waals surface area contributed by atoms with Gasteiger partial charge >= 0.3 is 5.97 Å². The molecule has 10 nitrogen and oxygen atoms in total. The van der Waals surface area contributed by atoms with Crippen molar-refractivity contribution in [3.8, 4) is 0 Å². The fourth-order valence-electron chi connectivity index (χ4n) is 3.71. The molecule has 3 heterocycles. The average molecular weight is 488 g/mol. The van der Waals surface area contributed by atoms with Crippen LogP contribution in [0.1, 0.15) is 40.5 Å². The fourth-order valence-corrected chi connectivity index (χ4v) is 3.71. The zero-order chi connectivity index (χ0) is 21.4. The van der Waals surface area contributed by atoms with Crippen molar-refractivity contribution in [2.45, 2.75) is 33.5 Å². The minimum atomic E-state index is -0.979. The molecule has 1 amide bonds. The van der Waals surface area contributed by atoms with Crippen LogP contribution in [0, 0.1) is 0 Å². The number of hydrogen-bond acceptors (Lipinski definition) is 5. The van der Waals surface area contributed by atoms with E-state index in [4.69, 9.17) is 5.73 Å². The lowest BCUT2D eigenvalue weighted by atomic mass is 10.2. The zero-order valence-corrected chi connectivity index (χ0v) is 18.6. The third-order valence-electron chi connectivity index (χ3n) is 5.09. The van der Waals surface area contributed by atoms with Crippen LogP contribution in [0.2, 0.25) is 0 Å². The normalized spacial score (nSPS) is 10.9. The van der Waals surface area contributed by atoms with E-state index in [1.807, 2.05) is 18.4 Å². The third kappa shape index (κ3) is 3.83. The number of aromatic carboxylic acids is 1. The number of H-pyrrole nitrogens is 1. The van der Waals surface area contributed by atoms with Crippen molar-refractivity contribution in [1.29, 1.82) is 0 Å². The highest BCUT2D eigenvalue weighted by Gasteiger charge is 2.25. The highest BCUT2D eigenvalue weighted by Crippen LogP contribution is 2.18. The molecule has 0 aliphatic rings. The monoisotopic (exact) mass is 487 g/mol. The average Bonchev–Trinajstić information content (AvgIpc) is 3.31. The van der Waals surface area contributed by atoms with E-state index in [1.54, 1.807) is 30.5 Å². The van der Waals surface area contributed by atoms with Gasteiger partial charge in [0.2, 0.25) is 0 Å². The Balaban J connectivity index is 0.00000272. The Hall–Kier alpha value is -3.47. The third-order valence-corrected chi connectivity index (χ3v) is 5.09. The van der Waals surface area contributed by atoms with E-state index in [-0.39, 0.29) is 40.6 Å². The predicted octanol–water partition coefficient (Wildman–Crippen LogP) is -1.55. The van der Waals surface area contributed by atoms with E-state index in [0.29, 0.717) is 24.3 Å². The number of nitrogen functional groups attached to an aromatic ring is 1. The van der Waals surface area contributed by atoms with E-state index in [2.05, 4.69) is 24.8 Å². The van der Waals surface area contributed by atoms with Gasteiger partial charge in [0.25, 0.3) is 11.7 Å². The van der Waals surface area contributed by atoms with Crippen LogP contribution in [0.4, 0.5) is 5.82 Å². The molecule has 31 heavy (non-hydrogen) atoms. The number of halogens is 1. The number of imidazole rings is 1. The first-order chi connectivity index (χ1) is 14.4. The maximum Gasteiger partial charge on any atom is 0.335 e. The van der Waals surface area contributed by atoms with Crippen LogP contribution in [-0.4, -0.2) is 36.5 Å². The summed E-state index contributed by atoms with van der Waals surface area (Å²) in [5, 5.41) is 12.2. The molecule has 0 saturated carbocycles. The molecule has 0 atom stereocenters. The molecular formula is C20H22BrN7O3. The van der Waals surface area contributed by atoms with Crippen molar-refractivity contribution < 1.29 is 36.2 Å². The Morgan fingerprint density at radius 1 is 1.26 bits per heavy atom. The van der Waals surface area contributed by atoms with Crippen molar-refractivity contribution in [2.75, 3.05) is 5.73 Å². The number of fused-ring (bicyclic) bond motifs is 2. The summed E-state index contributed by atoms with van der Waals surface area (Å²) < 4.78 is 4.05. The van der Waals surface area contributed by atoms with Gasteiger partial charge in [-0.05, 0) is 32.0 Å². The Morgan fingerprint density at radius 2 is 2.03 bits per heavy atom. The Bertz CT molecular complexity index is 1300. The van der Waals surface area contributed by atoms with Gasteiger partial charge in [0.05, 0.1) is 18.7 Å². The van der Waals surface area contributed by atoms with Crippen LogP contribution in [0.25, 0.3) is 22.2 Å². The predicted molar refractivity (Wildman–Crippen MR) is 110 cm³/mol. The number of aryl methyl sites for hydroxylation is 2. The van der Waals surface area contributed by atoms with Gasteiger partial charge in [-0.3, -0.25) is 4.79 Å². The zero-order valence-electron chi connectivity index (χ0n) is 17.0. The molecule has 162 valence electrons. The summed E-state index contributed by atoms with van der Waals surface area (Å²) in [5.41, 5.74) is 8.99.